The van der Waals surface area contributed by atoms with Crippen molar-refractivity contribution in [1.82, 2.24) is 20.1 Å². The molecule has 3 amide bonds. The van der Waals surface area contributed by atoms with Gasteiger partial charge in [0.2, 0.25) is 11.8 Å². The summed E-state index contributed by atoms with van der Waals surface area (Å²) in [6, 6.07) is 47.9. The molecule has 0 radical (unpaired) electrons. The van der Waals surface area contributed by atoms with Gasteiger partial charge in [-0.05, 0) is 77.3 Å². The molecule has 8 rings (SSSR count). The summed E-state index contributed by atoms with van der Waals surface area (Å²) in [5.41, 5.74) is 6.25. The van der Waals surface area contributed by atoms with Gasteiger partial charge in [-0.15, -0.1) is 11.8 Å². The Kier molecular flexibility index (Phi) is 17.5. The molecule has 0 fully saturated rings. The number of nitrogens with one attached hydrogen (secondary N) is 2. The number of aromatic nitrogens is 1. The number of benzene rings is 6. The van der Waals surface area contributed by atoms with E-state index in [4.69, 9.17) is 14.2 Å². The Balaban J connectivity index is 1.28. The highest BCUT2D eigenvalue weighted by Crippen LogP contribution is 2.50. The largest absolute Gasteiger partial charge is 0.461 e. The molecule has 0 bridgehead atoms. The van der Waals surface area contributed by atoms with Gasteiger partial charge in [0.15, 0.2) is 0 Å². The van der Waals surface area contributed by atoms with Crippen LogP contribution in [0.5, 0.6) is 0 Å². The van der Waals surface area contributed by atoms with E-state index in [0.29, 0.717) is 16.5 Å². The number of rotatable bonds is 20. The Labute approximate surface area is 454 Å². The molecular weight excluding hydrogens is 989 g/mol. The second-order valence-corrected chi connectivity index (χ2v) is 21.6. The number of hydrogen-bond acceptors (Lipinski definition) is 10. The number of thioether (sulfide) groups is 1. The lowest BCUT2D eigenvalue weighted by molar-refractivity contribution is -0.145. The molecule has 0 spiro atoms. The summed E-state index contributed by atoms with van der Waals surface area (Å²) in [5, 5.41) is 18.4. The molecular formula is C63H66N4O9S. The lowest BCUT2D eigenvalue weighted by Crippen LogP contribution is -2.59. The molecule has 77 heavy (non-hydrogen) atoms. The van der Waals surface area contributed by atoms with Crippen molar-refractivity contribution in [3.8, 4) is 11.1 Å². The molecule has 0 saturated carbocycles. The van der Waals surface area contributed by atoms with Crippen molar-refractivity contribution in [2.24, 2.45) is 5.92 Å². The number of aliphatic hydroxyl groups is 1. The average molecular weight is 1060 g/mol. The monoisotopic (exact) mass is 1050 g/mol. The van der Waals surface area contributed by atoms with Crippen LogP contribution in [0.3, 0.4) is 0 Å². The number of methoxy groups -OCH3 is 1. The standard InChI is InChI=1S/C63H66N4O9S/c1-8-36-75-55(69)38-54(68)56(41(2)3)65-58(70)51(40-77-63(43-24-12-9-13-25-43,44-26-14-10-15-27-44)45-28-16-11-17-29-45)64-59(71)53(37-42-39-66(60(72)76-62(4,5)6)52-35-23-22-30-46(42)52)67(61(73)74-7)57-49-33-20-18-31-47(49)48-32-19-21-34-50(48)57/h8-35,39,41,51,53-54,56-57,68H,1,36-38,40H2,2-7H3,(H,64,71)(H,65,70)/t51?,53-,54?,56?/m1/s1. The Morgan fingerprint density at radius 2 is 1.25 bits per heavy atom. The molecule has 14 heteroatoms. The fourth-order valence-corrected chi connectivity index (χ4v) is 11.8. The van der Waals surface area contributed by atoms with E-state index in [0.717, 1.165) is 38.9 Å². The van der Waals surface area contributed by atoms with Crippen molar-refractivity contribution in [3.05, 3.63) is 216 Å². The molecule has 1 aromatic heterocycles. The summed E-state index contributed by atoms with van der Waals surface area (Å²) in [7, 11) is 1.26. The molecule has 0 saturated heterocycles. The zero-order valence-corrected chi connectivity index (χ0v) is 45.1. The quantitative estimate of drug-likeness (QED) is 0.0289. The Morgan fingerprint density at radius 3 is 1.77 bits per heavy atom. The van der Waals surface area contributed by atoms with Crippen molar-refractivity contribution < 1.29 is 43.3 Å². The first-order valence-electron chi connectivity index (χ1n) is 25.8. The number of carbonyl (C=O) groups excluding carboxylic acids is 5. The predicted molar refractivity (Wildman–Crippen MR) is 301 cm³/mol. The number of amides is 3. The summed E-state index contributed by atoms with van der Waals surface area (Å²) in [6.07, 6.45) is -0.322. The van der Waals surface area contributed by atoms with Gasteiger partial charge >= 0.3 is 18.2 Å². The van der Waals surface area contributed by atoms with Gasteiger partial charge in [0.05, 0.1) is 42.0 Å². The van der Waals surface area contributed by atoms with Crippen LogP contribution in [0.1, 0.15) is 80.5 Å². The van der Waals surface area contributed by atoms with Gasteiger partial charge in [0.1, 0.15) is 24.3 Å². The molecule has 6 aromatic carbocycles. The van der Waals surface area contributed by atoms with Gasteiger partial charge < -0.3 is 30.0 Å². The first kappa shape index (κ1) is 55.3. The number of nitrogens with zero attached hydrogens (tertiary/aromatic N) is 2. The van der Waals surface area contributed by atoms with Crippen LogP contribution in [-0.4, -0.2) is 93.8 Å². The Hall–Kier alpha value is -7.94. The average Bonchev–Trinajstić information content (AvgIpc) is 4.02. The Bertz CT molecular complexity index is 3070. The summed E-state index contributed by atoms with van der Waals surface area (Å²) in [5.74, 6) is -2.46. The summed E-state index contributed by atoms with van der Waals surface area (Å²) in [6.45, 7) is 12.5. The van der Waals surface area contributed by atoms with E-state index in [2.05, 4.69) is 17.2 Å². The van der Waals surface area contributed by atoms with Crippen LogP contribution < -0.4 is 10.6 Å². The topological polar surface area (TPSA) is 165 Å². The van der Waals surface area contributed by atoms with Gasteiger partial charge in [-0.1, -0.05) is 184 Å². The van der Waals surface area contributed by atoms with E-state index in [1.807, 2.05) is 166 Å². The van der Waals surface area contributed by atoms with Crippen LogP contribution in [0.25, 0.3) is 22.0 Å². The SMILES string of the molecule is C=CCOC(=O)CC(O)C(NC(=O)C(CSC(c1ccccc1)(c1ccccc1)c1ccccc1)NC(=O)[C@@H](Cc1cn(C(=O)OC(C)(C)C)c2ccccc12)N(C(=O)OC)C1c2ccccc2-c2ccccc21)C(C)C. The highest BCUT2D eigenvalue weighted by Gasteiger charge is 2.45. The molecule has 13 nitrogen and oxygen atoms in total. The number of fused-ring (bicyclic) bond motifs is 4. The maximum atomic E-state index is 16.1. The van der Waals surface area contributed by atoms with E-state index in [1.54, 1.807) is 39.1 Å². The highest BCUT2D eigenvalue weighted by atomic mass is 32.2. The third kappa shape index (κ3) is 12.2. The zero-order valence-electron chi connectivity index (χ0n) is 44.3. The van der Waals surface area contributed by atoms with E-state index in [9.17, 15) is 19.5 Å². The predicted octanol–water partition coefficient (Wildman–Crippen LogP) is 11.0. The number of esters is 1. The van der Waals surface area contributed by atoms with Crippen molar-refractivity contribution in [1.29, 1.82) is 0 Å². The lowest BCUT2D eigenvalue weighted by Gasteiger charge is -2.38. The fraction of sp³-hybridized carbons (Fsp3) is 0.286. The third-order valence-corrected chi connectivity index (χ3v) is 15.4. The number of carbonyl (C=O) groups is 5. The molecule has 0 aliphatic heterocycles. The molecule has 1 aliphatic carbocycles. The van der Waals surface area contributed by atoms with Crippen molar-refractivity contribution in [3.63, 3.8) is 0 Å². The van der Waals surface area contributed by atoms with Crippen LogP contribution >= 0.6 is 11.8 Å². The van der Waals surface area contributed by atoms with E-state index in [-0.39, 0.29) is 18.8 Å². The van der Waals surface area contributed by atoms with Crippen molar-refractivity contribution >= 4 is 52.6 Å². The smallest absolute Gasteiger partial charge is 0.419 e. The summed E-state index contributed by atoms with van der Waals surface area (Å²) < 4.78 is 17.2. The zero-order chi connectivity index (χ0) is 54.9. The number of ether oxygens (including phenoxy) is 3. The van der Waals surface area contributed by atoms with Gasteiger partial charge in [-0.25, -0.2) is 9.59 Å². The molecule has 398 valence electrons. The van der Waals surface area contributed by atoms with Gasteiger partial charge in [0, 0.05) is 23.8 Å². The van der Waals surface area contributed by atoms with Crippen LogP contribution in [0, 0.1) is 5.92 Å². The minimum absolute atomic E-state index is 0.0451. The second kappa shape index (κ2) is 24.4. The van der Waals surface area contributed by atoms with Crippen molar-refractivity contribution in [2.45, 2.75) is 88.1 Å². The summed E-state index contributed by atoms with van der Waals surface area (Å²) in [4.78, 5) is 74.7. The number of aliphatic hydroxyl groups excluding tert-OH is 1. The van der Waals surface area contributed by atoms with Crippen LogP contribution in [0.4, 0.5) is 9.59 Å². The number of hydrogen-bond donors (Lipinski definition) is 3. The van der Waals surface area contributed by atoms with Gasteiger partial charge in [-0.3, -0.25) is 23.9 Å². The molecule has 1 aliphatic rings. The lowest BCUT2D eigenvalue weighted by atomic mass is 9.84. The first-order chi connectivity index (χ1) is 37.1. The van der Waals surface area contributed by atoms with Crippen LogP contribution in [0.2, 0.25) is 0 Å². The molecule has 7 aromatic rings. The number of para-hydroxylation sites is 1. The molecule has 4 atom stereocenters. The van der Waals surface area contributed by atoms with E-state index < -0.39 is 82.9 Å². The second-order valence-electron chi connectivity index (χ2n) is 20.4. The van der Waals surface area contributed by atoms with E-state index >= 15 is 9.59 Å². The molecule has 1 heterocycles. The van der Waals surface area contributed by atoms with Crippen LogP contribution in [0.15, 0.2) is 183 Å². The maximum absolute atomic E-state index is 16.1. The van der Waals surface area contributed by atoms with Gasteiger partial charge in [0.25, 0.3) is 0 Å². The highest BCUT2D eigenvalue weighted by molar-refractivity contribution is 8.00. The first-order valence-corrected chi connectivity index (χ1v) is 26.8. The molecule has 3 unspecified atom stereocenters. The summed E-state index contributed by atoms with van der Waals surface area (Å²) >= 11 is 1.44. The third-order valence-electron chi connectivity index (χ3n) is 13.7. The fourth-order valence-electron chi connectivity index (χ4n) is 10.3. The minimum Gasteiger partial charge on any atom is -0.461 e. The Morgan fingerprint density at radius 1 is 0.727 bits per heavy atom. The van der Waals surface area contributed by atoms with Gasteiger partial charge in [-0.2, -0.15) is 0 Å². The normalized spacial score (nSPS) is 13.8. The maximum Gasteiger partial charge on any atom is 0.419 e. The van der Waals surface area contributed by atoms with Crippen LogP contribution in [-0.2, 0) is 39.8 Å². The molecule has 3 N–H and O–H groups in total. The van der Waals surface area contributed by atoms with Crippen molar-refractivity contribution in [2.75, 3.05) is 19.5 Å². The van der Waals surface area contributed by atoms with E-state index in [1.165, 1.54) is 34.4 Å². The minimum atomic E-state index is -1.40.